The van der Waals surface area contributed by atoms with E-state index in [0.717, 1.165) is 24.9 Å². The molecule has 0 aliphatic rings. The first-order valence-corrected chi connectivity index (χ1v) is 9.93. The summed E-state index contributed by atoms with van der Waals surface area (Å²) in [5.41, 5.74) is 8.16. The molecule has 0 aliphatic carbocycles. The minimum absolute atomic E-state index is 0.109. The highest BCUT2D eigenvalue weighted by Crippen LogP contribution is 2.17. The fourth-order valence-electron chi connectivity index (χ4n) is 2.71. The average molecular weight is 411 g/mol. The predicted molar refractivity (Wildman–Crippen MR) is 120 cm³/mol. The molecule has 0 saturated heterocycles. The number of hydrogen-bond donors (Lipinski definition) is 4. The minimum Gasteiger partial charge on any atom is -0.397 e. The molecule has 0 fully saturated rings. The van der Waals surface area contributed by atoms with Crippen molar-refractivity contribution in [2.75, 3.05) is 31.2 Å². The molecule has 5 N–H and O–H groups in total. The summed E-state index contributed by atoms with van der Waals surface area (Å²) in [6.07, 6.45) is 3.71. The predicted octanol–water partition coefficient (Wildman–Crippen LogP) is 2.32. The van der Waals surface area contributed by atoms with Crippen LogP contribution in [0.4, 0.5) is 11.4 Å². The van der Waals surface area contributed by atoms with Gasteiger partial charge in [-0.25, -0.2) is 0 Å². The summed E-state index contributed by atoms with van der Waals surface area (Å²) in [5, 5.41) is 8.39. The number of nitrogens with zero attached hydrogens (tertiary/aromatic N) is 2. The van der Waals surface area contributed by atoms with E-state index < -0.39 is 0 Å². The van der Waals surface area contributed by atoms with Crippen molar-refractivity contribution in [2.24, 2.45) is 0 Å². The Kier molecular flexibility index (Phi) is 8.68. The van der Waals surface area contributed by atoms with Gasteiger partial charge in [-0.3, -0.25) is 14.6 Å². The van der Waals surface area contributed by atoms with Gasteiger partial charge in [0.1, 0.15) is 5.69 Å². The highest BCUT2D eigenvalue weighted by atomic mass is 16.2. The zero-order valence-electron chi connectivity index (χ0n) is 17.6. The van der Waals surface area contributed by atoms with E-state index in [0.29, 0.717) is 29.4 Å². The number of pyridine rings is 1. The second-order valence-electron chi connectivity index (χ2n) is 6.84. The lowest BCUT2D eigenvalue weighted by molar-refractivity contribution is -0.119. The molecule has 0 spiro atoms. The van der Waals surface area contributed by atoms with Gasteiger partial charge in [0.15, 0.2) is 0 Å². The Morgan fingerprint density at radius 2 is 1.97 bits per heavy atom. The van der Waals surface area contributed by atoms with Crippen molar-refractivity contribution < 1.29 is 9.59 Å². The standard InChI is InChI=1S/C22H30N6O2/c1-4-5-12-28(16(2)25-14-21(29)24-3)15-17-10-11-20(26-13-17)22(30)27-19-9-7-6-8-18(19)23/h6-11,13,25H,2,4-5,12,14-15,23H2,1,3H3,(H,24,29)(H,27,30). The van der Waals surface area contributed by atoms with Gasteiger partial charge < -0.3 is 26.6 Å². The second-order valence-corrected chi connectivity index (χ2v) is 6.84. The van der Waals surface area contributed by atoms with Crippen LogP contribution in [-0.4, -0.2) is 41.8 Å². The third kappa shape index (κ3) is 6.80. The van der Waals surface area contributed by atoms with Crippen molar-refractivity contribution in [2.45, 2.75) is 26.3 Å². The summed E-state index contributed by atoms with van der Waals surface area (Å²) in [7, 11) is 1.59. The number of aromatic nitrogens is 1. The molecule has 1 aromatic carbocycles. The number of rotatable bonds is 11. The Labute approximate surface area is 177 Å². The molecular formula is C22H30N6O2. The molecule has 0 unspecified atom stereocenters. The van der Waals surface area contributed by atoms with Crippen molar-refractivity contribution in [3.8, 4) is 0 Å². The van der Waals surface area contributed by atoms with E-state index in [2.05, 4.69) is 39.3 Å². The van der Waals surface area contributed by atoms with Crippen molar-refractivity contribution in [1.82, 2.24) is 20.5 Å². The summed E-state index contributed by atoms with van der Waals surface area (Å²) in [6, 6.07) is 10.6. The van der Waals surface area contributed by atoms with Crippen LogP contribution in [0.5, 0.6) is 0 Å². The number of nitrogen functional groups attached to an aromatic ring is 1. The molecule has 8 heteroatoms. The third-order valence-electron chi connectivity index (χ3n) is 4.53. The average Bonchev–Trinajstić information content (AvgIpc) is 2.76. The molecule has 1 aromatic heterocycles. The lowest BCUT2D eigenvalue weighted by Gasteiger charge is -2.27. The Bertz CT molecular complexity index is 866. The van der Waals surface area contributed by atoms with Crippen LogP contribution >= 0.6 is 0 Å². The van der Waals surface area contributed by atoms with Crippen LogP contribution in [0.15, 0.2) is 55.0 Å². The number of para-hydroxylation sites is 2. The molecule has 2 aromatic rings. The van der Waals surface area contributed by atoms with Gasteiger partial charge >= 0.3 is 0 Å². The van der Waals surface area contributed by atoms with E-state index in [-0.39, 0.29) is 18.4 Å². The first-order valence-electron chi connectivity index (χ1n) is 9.93. The maximum Gasteiger partial charge on any atom is 0.274 e. The lowest BCUT2D eigenvalue weighted by atomic mass is 10.2. The van der Waals surface area contributed by atoms with Crippen LogP contribution in [0.1, 0.15) is 35.8 Å². The van der Waals surface area contributed by atoms with E-state index in [1.54, 1.807) is 43.6 Å². The maximum absolute atomic E-state index is 12.4. The van der Waals surface area contributed by atoms with E-state index in [1.807, 2.05) is 6.07 Å². The molecule has 8 nitrogen and oxygen atoms in total. The number of nitrogens with two attached hydrogens (primary N) is 1. The summed E-state index contributed by atoms with van der Waals surface area (Å²) in [5.74, 6) is 0.245. The number of unbranched alkanes of at least 4 members (excludes halogenated alkanes) is 1. The normalized spacial score (nSPS) is 10.2. The van der Waals surface area contributed by atoms with Gasteiger partial charge in [0.05, 0.1) is 23.7 Å². The Morgan fingerprint density at radius 1 is 1.20 bits per heavy atom. The zero-order chi connectivity index (χ0) is 21.9. The van der Waals surface area contributed by atoms with Gasteiger partial charge in [0.25, 0.3) is 5.91 Å². The molecular weight excluding hydrogens is 380 g/mol. The highest BCUT2D eigenvalue weighted by Gasteiger charge is 2.12. The number of carbonyl (C=O) groups is 2. The Balaban J connectivity index is 2.01. The van der Waals surface area contributed by atoms with E-state index in [1.165, 1.54) is 0 Å². The van der Waals surface area contributed by atoms with E-state index in [4.69, 9.17) is 5.73 Å². The maximum atomic E-state index is 12.4. The van der Waals surface area contributed by atoms with Crippen LogP contribution in [0.3, 0.4) is 0 Å². The summed E-state index contributed by atoms with van der Waals surface area (Å²) in [6.45, 7) is 7.70. The molecule has 0 bridgehead atoms. The number of carbonyl (C=O) groups excluding carboxylic acids is 2. The molecule has 1 heterocycles. The van der Waals surface area contributed by atoms with E-state index in [9.17, 15) is 9.59 Å². The smallest absolute Gasteiger partial charge is 0.274 e. The van der Waals surface area contributed by atoms with E-state index >= 15 is 0 Å². The van der Waals surface area contributed by atoms with Gasteiger partial charge in [0.2, 0.25) is 5.91 Å². The topological polar surface area (TPSA) is 112 Å². The molecule has 160 valence electrons. The van der Waals surface area contributed by atoms with Crippen LogP contribution in [0.25, 0.3) is 0 Å². The largest absolute Gasteiger partial charge is 0.397 e. The van der Waals surface area contributed by atoms with Crippen molar-refractivity contribution >= 4 is 23.2 Å². The molecule has 0 saturated carbocycles. The van der Waals surface area contributed by atoms with Gasteiger partial charge in [-0.1, -0.05) is 38.1 Å². The SMILES string of the molecule is C=C(NCC(=O)NC)N(CCCC)Cc1ccc(C(=O)Nc2ccccc2N)nc1. The van der Waals surface area contributed by atoms with Crippen LogP contribution in [0, 0.1) is 0 Å². The number of amides is 2. The molecule has 2 amide bonds. The third-order valence-corrected chi connectivity index (χ3v) is 4.53. The number of nitrogens with one attached hydrogen (secondary N) is 3. The van der Waals surface area contributed by atoms with Crippen molar-refractivity contribution in [1.29, 1.82) is 0 Å². The van der Waals surface area contributed by atoms with Crippen LogP contribution in [-0.2, 0) is 11.3 Å². The Morgan fingerprint density at radius 3 is 2.60 bits per heavy atom. The molecule has 2 rings (SSSR count). The number of hydrogen-bond acceptors (Lipinski definition) is 6. The lowest BCUT2D eigenvalue weighted by Crippen LogP contribution is -2.37. The molecule has 0 atom stereocenters. The minimum atomic E-state index is -0.320. The summed E-state index contributed by atoms with van der Waals surface area (Å²) >= 11 is 0. The fraction of sp³-hybridized carbons (Fsp3) is 0.318. The van der Waals surface area contributed by atoms with Gasteiger partial charge in [-0.15, -0.1) is 0 Å². The quantitative estimate of drug-likeness (QED) is 0.423. The number of benzene rings is 1. The van der Waals surface area contributed by atoms with Crippen molar-refractivity contribution in [3.63, 3.8) is 0 Å². The van der Waals surface area contributed by atoms with Gasteiger partial charge in [-0.2, -0.15) is 0 Å². The number of likely N-dealkylation sites (N-methyl/N-ethyl adjacent to an activating group) is 1. The van der Waals surface area contributed by atoms with Crippen molar-refractivity contribution in [3.05, 3.63) is 66.3 Å². The Hall–Kier alpha value is -3.55. The van der Waals surface area contributed by atoms with Gasteiger partial charge in [-0.05, 0) is 30.2 Å². The van der Waals surface area contributed by atoms with Crippen LogP contribution < -0.4 is 21.7 Å². The monoisotopic (exact) mass is 410 g/mol. The highest BCUT2D eigenvalue weighted by molar-refractivity contribution is 6.04. The number of anilines is 2. The zero-order valence-corrected chi connectivity index (χ0v) is 17.6. The first-order chi connectivity index (χ1) is 14.4. The molecule has 0 aliphatic heterocycles. The summed E-state index contributed by atoms with van der Waals surface area (Å²) in [4.78, 5) is 30.3. The fourth-order valence-corrected chi connectivity index (χ4v) is 2.71. The van der Waals surface area contributed by atoms with Gasteiger partial charge in [0, 0.05) is 26.3 Å². The molecule has 0 radical (unpaired) electrons. The first kappa shape index (κ1) is 22.7. The second kappa shape index (κ2) is 11.5. The molecule has 30 heavy (non-hydrogen) atoms. The van der Waals surface area contributed by atoms with Crippen LogP contribution in [0.2, 0.25) is 0 Å². The summed E-state index contributed by atoms with van der Waals surface area (Å²) < 4.78 is 0.